The zero-order valence-corrected chi connectivity index (χ0v) is 18.0. The fourth-order valence-corrected chi connectivity index (χ4v) is 4.70. The molecule has 33 heavy (non-hydrogen) atoms. The molecule has 3 aromatic rings. The maximum absolute atomic E-state index is 13.6. The summed E-state index contributed by atoms with van der Waals surface area (Å²) < 4.78 is 21.7. The average molecular weight is 446 g/mol. The van der Waals surface area contributed by atoms with E-state index in [-0.39, 0.29) is 11.7 Å². The Labute approximate surface area is 189 Å². The highest BCUT2D eigenvalue weighted by Gasteiger charge is 2.37. The number of rotatable bonds is 3. The zero-order chi connectivity index (χ0) is 22.4. The monoisotopic (exact) mass is 446 g/mol. The van der Waals surface area contributed by atoms with Crippen LogP contribution in [0.3, 0.4) is 0 Å². The van der Waals surface area contributed by atoms with E-state index in [1.807, 2.05) is 42.5 Å². The van der Waals surface area contributed by atoms with Crippen molar-refractivity contribution in [1.82, 2.24) is 10.3 Å². The highest BCUT2D eigenvalue weighted by molar-refractivity contribution is 6.00. The summed E-state index contributed by atoms with van der Waals surface area (Å²) in [6, 6.07) is 13.2. The molecule has 2 aromatic carbocycles. The van der Waals surface area contributed by atoms with Gasteiger partial charge in [0.1, 0.15) is 19.0 Å². The lowest BCUT2D eigenvalue weighted by atomic mass is 9.78. The smallest absolute Gasteiger partial charge is 0.219 e. The number of hydrogen-bond donors (Lipinski definition) is 2. The van der Waals surface area contributed by atoms with Gasteiger partial charge in [0.2, 0.25) is 11.6 Å². The Kier molecular flexibility index (Phi) is 4.67. The van der Waals surface area contributed by atoms with Gasteiger partial charge in [-0.05, 0) is 58.0 Å². The number of methoxy groups -OCH3 is 1. The lowest BCUT2D eigenvalue weighted by Gasteiger charge is -2.30. The molecule has 9 nitrogen and oxygen atoms in total. The molecular weight excluding hydrogens is 424 g/mol. The van der Waals surface area contributed by atoms with E-state index in [9.17, 15) is 4.79 Å². The molecule has 1 aliphatic carbocycles. The van der Waals surface area contributed by atoms with Crippen LogP contribution in [-0.2, 0) is 4.79 Å². The first kappa shape index (κ1) is 19.7. The van der Waals surface area contributed by atoms with Crippen molar-refractivity contribution in [2.24, 2.45) is 0 Å². The van der Waals surface area contributed by atoms with Gasteiger partial charge < -0.3 is 24.8 Å². The normalized spacial score (nSPS) is 21.3. The number of anilines is 2. The standard InChI is InChI=1S/C24H22N4O5/c1-30-16-5-2-13(3-6-16)15-10-17-21(18(29)11-15)22(26-24-23(25-17)27-33-28-24)14-4-7-19-20(12-14)32-9-8-31-19/h2-7,12,15,22H,8-11H2,1H3,(H,25,27)(H,26,28)/t15-,22+/m0/s1. The van der Waals surface area contributed by atoms with Gasteiger partial charge in [0, 0.05) is 17.7 Å². The van der Waals surface area contributed by atoms with Gasteiger partial charge in [0.25, 0.3) is 0 Å². The van der Waals surface area contributed by atoms with Crippen LogP contribution in [0.2, 0.25) is 0 Å². The molecule has 3 aliphatic rings. The molecule has 0 amide bonds. The van der Waals surface area contributed by atoms with Crippen molar-refractivity contribution in [3.8, 4) is 17.2 Å². The molecule has 9 heteroatoms. The summed E-state index contributed by atoms with van der Waals surface area (Å²) >= 11 is 0. The Morgan fingerprint density at radius 2 is 1.70 bits per heavy atom. The summed E-state index contributed by atoms with van der Waals surface area (Å²) in [5.74, 6) is 3.18. The summed E-state index contributed by atoms with van der Waals surface area (Å²) in [6.07, 6.45) is 1.06. The van der Waals surface area contributed by atoms with Gasteiger partial charge in [-0.15, -0.1) is 0 Å². The number of allylic oxidation sites excluding steroid dienone is 1. The quantitative estimate of drug-likeness (QED) is 0.620. The van der Waals surface area contributed by atoms with E-state index in [0.717, 1.165) is 22.6 Å². The van der Waals surface area contributed by atoms with Crippen LogP contribution in [0, 0.1) is 0 Å². The Balaban J connectivity index is 1.40. The Bertz CT molecular complexity index is 1250. The van der Waals surface area contributed by atoms with Crippen LogP contribution >= 0.6 is 0 Å². The third-order valence-corrected chi connectivity index (χ3v) is 6.32. The molecule has 0 saturated carbocycles. The van der Waals surface area contributed by atoms with E-state index in [0.29, 0.717) is 54.8 Å². The highest BCUT2D eigenvalue weighted by atomic mass is 16.6. The maximum atomic E-state index is 13.6. The largest absolute Gasteiger partial charge is 0.497 e. The van der Waals surface area contributed by atoms with Crippen molar-refractivity contribution in [1.29, 1.82) is 0 Å². The summed E-state index contributed by atoms with van der Waals surface area (Å²) in [7, 11) is 1.64. The number of fused-ring (bicyclic) bond motifs is 2. The molecule has 0 saturated heterocycles. The van der Waals surface area contributed by atoms with Crippen LogP contribution in [-0.4, -0.2) is 36.4 Å². The zero-order valence-electron chi connectivity index (χ0n) is 18.0. The minimum absolute atomic E-state index is 0.0389. The number of nitrogens with zero attached hydrogens (tertiary/aromatic N) is 2. The highest BCUT2D eigenvalue weighted by Crippen LogP contribution is 2.45. The molecule has 0 unspecified atom stereocenters. The average Bonchev–Trinajstić information content (AvgIpc) is 3.22. The number of ether oxygens (including phenoxy) is 3. The van der Waals surface area contributed by atoms with Crippen LogP contribution in [0.1, 0.15) is 35.9 Å². The number of nitrogens with one attached hydrogen (secondary N) is 2. The van der Waals surface area contributed by atoms with Crippen LogP contribution in [0.4, 0.5) is 11.6 Å². The Morgan fingerprint density at radius 3 is 2.52 bits per heavy atom. The number of carbonyl (C=O) groups excluding carboxylic acids is 1. The lowest BCUT2D eigenvalue weighted by molar-refractivity contribution is -0.116. The molecule has 2 aliphatic heterocycles. The van der Waals surface area contributed by atoms with E-state index in [1.54, 1.807) is 7.11 Å². The number of Topliss-reactive ketones (excluding diaryl/α,β-unsaturated/α-hetero) is 1. The predicted octanol–water partition coefficient (Wildman–Crippen LogP) is 3.83. The summed E-state index contributed by atoms with van der Waals surface area (Å²) in [5.41, 5.74) is 3.45. The maximum Gasteiger partial charge on any atom is 0.219 e. The van der Waals surface area contributed by atoms with E-state index in [2.05, 4.69) is 20.9 Å². The molecule has 0 bridgehead atoms. The van der Waals surface area contributed by atoms with Crippen molar-refractivity contribution in [2.45, 2.75) is 24.8 Å². The fraction of sp³-hybridized carbons (Fsp3) is 0.292. The minimum Gasteiger partial charge on any atom is -0.497 e. The molecule has 168 valence electrons. The second-order valence-corrected chi connectivity index (χ2v) is 8.26. The molecule has 2 N–H and O–H groups in total. The summed E-state index contributed by atoms with van der Waals surface area (Å²) in [6.45, 7) is 1.01. The van der Waals surface area contributed by atoms with Gasteiger partial charge in [-0.2, -0.15) is 0 Å². The summed E-state index contributed by atoms with van der Waals surface area (Å²) in [5, 5.41) is 14.6. The van der Waals surface area contributed by atoms with Gasteiger partial charge in [-0.3, -0.25) is 4.79 Å². The Hall–Kier alpha value is -4.01. The number of carbonyl (C=O) groups is 1. The van der Waals surface area contributed by atoms with Gasteiger partial charge in [-0.1, -0.05) is 18.2 Å². The molecule has 0 radical (unpaired) electrons. The van der Waals surface area contributed by atoms with Crippen molar-refractivity contribution in [3.05, 3.63) is 64.9 Å². The van der Waals surface area contributed by atoms with E-state index in [4.69, 9.17) is 18.8 Å². The molecule has 2 atom stereocenters. The number of hydrogen-bond acceptors (Lipinski definition) is 9. The summed E-state index contributed by atoms with van der Waals surface area (Å²) in [4.78, 5) is 13.6. The topological polar surface area (TPSA) is 108 Å². The van der Waals surface area contributed by atoms with Crippen molar-refractivity contribution in [2.75, 3.05) is 31.0 Å². The van der Waals surface area contributed by atoms with Crippen molar-refractivity contribution in [3.63, 3.8) is 0 Å². The third-order valence-electron chi connectivity index (χ3n) is 6.32. The van der Waals surface area contributed by atoms with Crippen LogP contribution in [0.15, 0.2) is 58.4 Å². The number of ketones is 1. The van der Waals surface area contributed by atoms with Crippen LogP contribution < -0.4 is 24.8 Å². The SMILES string of the molecule is COc1ccc([C@@H]2CC(=O)C3=C(C2)Nc2nonc2N[C@@H]3c2ccc3c(c2)OCCO3)cc1. The van der Waals surface area contributed by atoms with Crippen molar-refractivity contribution >= 4 is 17.4 Å². The first-order valence-corrected chi connectivity index (χ1v) is 10.9. The molecule has 6 rings (SSSR count). The van der Waals surface area contributed by atoms with Crippen molar-refractivity contribution < 1.29 is 23.6 Å². The van der Waals surface area contributed by atoms with E-state index >= 15 is 0 Å². The van der Waals surface area contributed by atoms with Crippen LogP contribution in [0.25, 0.3) is 0 Å². The van der Waals surface area contributed by atoms with Crippen LogP contribution in [0.5, 0.6) is 17.2 Å². The lowest BCUT2D eigenvalue weighted by Crippen LogP contribution is -2.27. The third kappa shape index (κ3) is 3.45. The molecule has 3 heterocycles. The molecule has 1 aromatic heterocycles. The molecule has 0 fully saturated rings. The second-order valence-electron chi connectivity index (χ2n) is 8.26. The molecular formula is C24H22N4O5. The van der Waals surface area contributed by atoms with E-state index < -0.39 is 6.04 Å². The predicted molar refractivity (Wildman–Crippen MR) is 119 cm³/mol. The minimum atomic E-state index is -0.430. The number of benzene rings is 2. The van der Waals surface area contributed by atoms with Gasteiger partial charge >= 0.3 is 0 Å². The van der Waals surface area contributed by atoms with Gasteiger partial charge in [0.05, 0.1) is 13.2 Å². The first-order valence-electron chi connectivity index (χ1n) is 10.9. The second kappa shape index (κ2) is 7.84. The van der Waals surface area contributed by atoms with Gasteiger partial charge in [-0.25, -0.2) is 4.63 Å². The molecule has 0 spiro atoms. The fourth-order valence-electron chi connectivity index (χ4n) is 4.70. The Morgan fingerprint density at radius 1 is 0.939 bits per heavy atom. The number of aromatic nitrogens is 2. The van der Waals surface area contributed by atoms with E-state index in [1.165, 1.54) is 0 Å². The van der Waals surface area contributed by atoms with Gasteiger partial charge in [0.15, 0.2) is 17.3 Å². The first-order chi connectivity index (χ1) is 16.2.